The smallest absolute Gasteiger partial charge is 0.199 e. The molecule has 0 saturated carbocycles. The normalized spacial score (nSPS) is 11.7. The molecule has 0 fully saturated rings. The van der Waals surface area contributed by atoms with Gasteiger partial charge in [0.1, 0.15) is 6.61 Å². The summed E-state index contributed by atoms with van der Waals surface area (Å²) >= 11 is 0. The van der Waals surface area contributed by atoms with E-state index in [2.05, 4.69) is 25.1 Å². The molecular formula is C18H18N6O3. The van der Waals surface area contributed by atoms with Gasteiger partial charge in [0, 0.05) is 5.56 Å². The minimum Gasteiger partial charge on any atom is -0.493 e. The zero-order valence-corrected chi connectivity index (χ0v) is 14.6. The maximum atomic E-state index is 5.94. The Morgan fingerprint density at radius 1 is 1.15 bits per heavy atom. The first-order valence-electron chi connectivity index (χ1n) is 7.97. The summed E-state index contributed by atoms with van der Waals surface area (Å²) in [5.74, 6) is 1.15. The van der Waals surface area contributed by atoms with E-state index in [-0.39, 0.29) is 17.3 Å². The predicted molar refractivity (Wildman–Crippen MR) is 101 cm³/mol. The van der Waals surface area contributed by atoms with Gasteiger partial charge in [0.05, 0.1) is 13.3 Å². The molecule has 0 radical (unpaired) electrons. The lowest BCUT2D eigenvalue weighted by molar-refractivity contribution is 0.284. The predicted octanol–water partition coefficient (Wildman–Crippen LogP) is 1.98. The summed E-state index contributed by atoms with van der Waals surface area (Å²) in [6.07, 6.45) is 1.50. The molecule has 0 aliphatic carbocycles. The van der Waals surface area contributed by atoms with Gasteiger partial charge < -0.3 is 20.9 Å². The summed E-state index contributed by atoms with van der Waals surface area (Å²) in [6.45, 7) is 0.384. The van der Waals surface area contributed by atoms with Crippen LogP contribution in [-0.2, 0) is 6.61 Å². The first kappa shape index (κ1) is 17.9. The second-order valence-corrected chi connectivity index (χ2v) is 5.38. The molecule has 3 rings (SSSR count). The molecule has 2 aromatic carbocycles. The summed E-state index contributed by atoms with van der Waals surface area (Å²) in [7, 11) is 1.57. The Bertz CT molecular complexity index is 953. The van der Waals surface area contributed by atoms with Gasteiger partial charge in [-0.3, -0.25) is 0 Å². The minimum atomic E-state index is -0.0142. The van der Waals surface area contributed by atoms with Crippen molar-refractivity contribution in [3.8, 4) is 11.5 Å². The Hall–Kier alpha value is -3.88. The van der Waals surface area contributed by atoms with Crippen molar-refractivity contribution in [2.75, 3.05) is 12.8 Å². The molecular weight excluding hydrogens is 348 g/mol. The Morgan fingerprint density at radius 2 is 1.96 bits per heavy atom. The zero-order valence-electron chi connectivity index (χ0n) is 14.6. The van der Waals surface area contributed by atoms with Gasteiger partial charge in [-0.15, -0.1) is 5.10 Å². The summed E-state index contributed by atoms with van der Waals surface area (Å²) < 4.78 is 15.8. The van der Waals surface area contributed by atoms with Crippen molar-refractivity contribution < 1.29 is 14.1 Å². The maximum absolute atomic E-state index is 5.94. The van der Waals surface area contributed by atoms with Crippen LogP contribution in [0.2, 0.25) is 0 Å². The van der Waals surface area contributed by atoms with E-state index < -0.39 is 0 Å². The number of aromatic nitrogens is 2. The third kappa shape index (κ3) is 4.40. The lowest BCUT2D eigenvalue weighted by atomic mass is 10.2. The summed E-state index contributed by atoms with van der Waals surface area (Å²) in [5.41, 5.74) is 13.2. The minimum absolute atomic E-state index is 0.0142. The molecule has 1 aromatic heterocycles. The number of rotatable bonds is 7. The highest BCUT2D eigenvalue weighted by molar-refractivity contribution is 5.99. The average Bonchev–Trinajstić information content (AvgIpc) is 3.13. The number of nitrogens with two attached hydrogens (primary N) is 2. The van der Waals surface area contributed by atoms with E-state index in [9.17, 15) is 0 Å². The summed E-state index contributed by atoms with van der Waals surface area (Å²) in [5, 5.41) is 14.8. The number of nitrogen functional groups attached to an aromatic ring is 1. The number of para-hydroxylation sites is 1. The number of anilines is 1. The van der Waals surface area contributed by atoms with Gasteiger partial charge in [-0.05, 0) is 28.0 Å². The molecule has 0 aliphatic heterocycles. The van der Waals surface area contributed by atoms with Crippen molar-refractivity contribution in [3.05, 3.63) is 65.4 Å². The molecule has 138 valence electrons. The fraction of sp³-hybridized carbons (Fsp3) is 0.111. The molecule has 27 heavy (non-hydrogen) atoms. The van der Waals surface area contributed by atoms with Gasteiger partial charge in [0.15, 0.2) is 28.8 Å². The Kier molecular flexibility index (Phi) is 5.63. The van der Waals surface area contributed by atoms with Gasteiger partial charge in [0.2, 0.25) is 0 Å². The first-order chi connectivity index (χ1) is 13.2. The molecule has 0 atom stereocenters. The Balaban J connectivity index is 1.81. The number of methoxy groups -OCH3 is 1. The van der Waals surface area contributed by atoms with Crippen LogP contribution in [0.1, 0.15) is 16.8 Å². The van der Waals surface area contributed by atoms with Crippen molar-refractivity contribution in [2.45, 2.75) is 6.61 Å². The number of nitrogens with zero attached hydrogens (tertiary/aromatic N) is 4. The number of benzene rings is 2. The van der Waals surface area contributed by atoms with E-state index in [1.54, 1.807) is 13.2 Å². The molecule has 0 amide bonds. The lowest BCUT2D eigenvalue weighted by Crippen LogP contribution is -2.15. The van der Waals surface area contributed by atoms with Crippen LogP contribution >= 0.6 is 0 Å². The van der Waals surface area contributed by atoms with Crippen molar-refractivity contribution >= 4 is 17.9 Å². The highest BCUT2D eigenvalue weighted by Crippen LogP contribution is 2.30. The summed E-state index contributed by atoms with van der Waals surface area (Å²) in [4.78, 5) is 0. The van der Waals surface area contributed by atoms with E-state index in [1.165, 1.54) is 6.21 Å². The van der Waals surface area contributed by atoms with Gasteiger partial charge in [-0.1, -0.05) is 36.4 Å². The molecule has 0 saturated heterocycles. The van der Waals surface area contributed by atoms with E-state index in [0.29, 0.717) is 23.7 Å². The molecule has 0 bridgehead atoms. The highest BCUT2D eigenvalue weighted by atomic mass is 16.6. The fourth-order valence-electron chi connectivity index (χ4n) is 2.25. The van der Waals surface area contributed by atoms with Gasteiger partial charge in [-0.2, -0.15) is 5.10 Å². The van der Waals surface area contributed by atoms with Gasteiger partial charge in [0.25, 0.3) is 0 Å². The van der Waals surface area contributed by atoms with Crippen LogP contribution in [0, 0.1) is 0 Å². The SMILES string of the molecule is COc1cccc(C=N/N=C(\N)c2nonc2N)c1OCc1ccccc1. The molecule has 0 aliphatic rings. The molecule has 3 aromatic rings. The van der Waals surface area contributed by atoms with Crippen LogP contribution in [0.15, 0.2) is 63.4 Å². The van der Waals surface area contributed by atoms with Crippen LogP contribution in [0.4, 0.5) is 5.82 Å². The molecule has 9 heteroatoms. The fourth-order valence-corrected chi connectivity index (χ4v) is 2.25. The maximum Gasteiger partial charge on any atom is 0.199 e. The monoisotopic (exact) mass is 366 g/mol. The Morgan fingerprint density at radius 3 is 2.67 bits per heavy atom. The third-order valence-electron chi connectivity index (χ3n) is 3.57. The molecule has 1 heterocycles. The Labute approximate surface area is 155 Å². The van der Waals surface area contributed by atoms with E-state index in [0.717, 1.165) is 5.56 Å². The van der Waals surface area contributed by atoms with E-state index in [4.69, 9.17) is 20.9 Å². The van der Waals surface area contributed by atoms with Gasteiger partial charge in [-0.25, -0.2) is 4.63 Å². The topological polar surface area (TPSA) is 134 Å². The van der Waals surface area contributed by atoms with Crippen LogP contribution in [0.5, 0.6) is 11.5 Å². The standard InChI is InChI=1S/C18H18N6O3/c1-25-14-9-5-8-13(16(14)26-11-12-6-3-2-4-7-12)10-21-22-17(19)15-18(20)24-27-23-15/h2-10H,11H2,1H3,(H2,19,22)(H2,20,24). The second kappa shape index (κ2) is 8.48. The number of amidine groups is 1. The van der Waals surface area contributed by atoms with Crippen molar-refractivity contribution in [2.24, 2.45) is 15.9 Å². The van der Waals surface area contributed by atoms with Gasteiger partial charge >= 0.3 is 0 Å². The van der Waals surface area contributed by atoms with Crippen LogP contribution in [0.3, 0.4) is 0 Å². The van der Waals surface area contributed by atoms with E-state index in [1.807, 2.05) is 42.5 Å². The largest absolute Gasteiger partial charge is 0.493 e. The van der Waals surface area contributed by atoms with Crippen molar-refractivity contribution in [1.82, 2.24) is 10.3 Å². The summed E-state index contributed by atoms with van der Waals surface area (Å²) in [6, 6.07) is 15.2. The second-order valence-electron chi connectivity index (χ2n) is 5.38. The quantitative estimate of drug-likeness (QED) is 0.371. The lowest BCUT2D eigenvalue weighted by Gasteiger charge is -2.13. The highest BCUT2D eigenvalue weighted by Gasteiger charge is 2.11. The zero-order chi connectivity index (χ0) is 19.1. The number of hydrogen-bond acceptors (Lipinski definition) is 8. The van der Waals surface area contributed by atoms with Crippen molar-refractivity contribution in [3.63, 3.8) is 0 Å². The first-order valence-corrected chi connectivity index (χ1v) is 7.97. The van der Waals surface area contributed by atoms with Crippen LogP contribution in [0.25, 0.3) is 0 Å². The molecule has 4 N–H and O–H groups in total. The number of hydrogen-bond donors (Lipinski definition) is 2. The number of ether oxygens (including phenoxy) is 2. The van der Waals surface area contributed by atoms with Crippen LogP contribution < -0.4 is 20.9 Å². The third-order valence-corrected chi connectivity index (χ3v) is 3.57. The van der Waals surface area contributed by atoms with Crippen molar-refractivity contribution in [1.29, 1.82) is 0 Å². The molecule has 0 spiro atoms. The van der Waals surface area contributed by atoms with E-state index >= 15 is 0 Å². The van der Waals surface area contributed by atoms with Crippen LogP contribution in [-0.4, -0.2) is 29.5 Å². The molecule has 9 nitrogen and oxygen atoms in total. The molecule has 0 unspecified atom stereocenters. The average molecular weight is 366 g/mol.